The lowest BCUT2D eigenvalue weighted by Crippen LogP contribution is -2.16. The number of pyridine rings is 1. The van der Waals surface area contributed by atoms with Crippen molar-refractivity contribution in [2.24, 2.45) is 5.73 Å². The number of benzene rings is 1. The second-order valence-electron chi connectivity index (χ2n) is 6.50. The third-order valence-electron chi connectivity index (χ3n) is 4.22. The Labute approximate surface area is 172 Å². The molecule has 0 aliphatic rings. The van der Waals surface area contributed by atoms with Crippen LogP contribution in [0.2, 0.25) is 0 Å². The number of nitrogens with one attached hydrogen (secondary N) is 1. The fourth-order valence-corrected chi connectivity index (χ4v) is 3.20. The van der Waals surface area contributed by atoms with Gasteiger partial charge in [-0.15, -0.1) is 0 Å². The van der Waals surface area contributed by atoms with E-state index < -0.39 is 17.8 Å². The van der Waals surface area contributed by atoms with Crippen LogP contribution in [0, 0.1) is 0 Å². The van der Waals surface area contributed by atoms with Crippen LogP contribution in [0.4, 0.5) is 13.2 Å². The Hall–Kier alpha value is -2.46. The summed E-state index contributed by atoms with van der Waals surface area (Å²) in [7, 11) is 0. The standard InChI is InChI=1S/C19H18BrF3N4O2/c1-10(24)12-4-2-5-14(19(21,22)23)16(12)29-7-3-6-15-26-17-13(18(28)27-15)8-11(20)9-25-17/h2,4-5,8-10H,3,6-7,24H2,1H3,(H,25,26,27,28)/t10-/m1/s1. The monoisotopic (exact) mass is 470 g/mol. The zero-order valence-corrected chi connectivity index (χ0v) is 17.0. The van der Waals surface area contributed by atoms with Gasteiger partial charge in [-0.1, -0.05) is 12.1 Å². The van der Waals surface area contributed by atoms with Gasteiger partial charge in [0.2, 0.25) is 0 Å². The molecule has 10 heteroatoms. The maximum Gasteiger partial charge on any atom is 0.419 e. The Morgan fingerprint density at radius 3 is 2.79 bits per heavy atom. The largest absolute Gasteiger partial charge is 0.493 e. The van der Waals surface area contributed by atoms with E-state index >= 15 is 0 Å². The van der Waals surface area contributed by atoms with Crippen LogP contribution in [0.3, 0.4) is 0 Å². The van der Waals surface area contributed by atoms with E-state index in [1.807, 2.05) is 0 Å². The number of para-hydroxylation sites is 1. The van der Waals surface area contributed by atoms with E-state index in [4.69, 9.17) is 10.5 Å². The molecular formula is C19H18BrF3N4O2. The highest BCUT2D eigenvalue weighted by Gasteiger charge is 2.35. The summed E-state index contributed by atoms with van der Waals surface area (Å²) in [6, 6.07) is 4.79. The summed E-state index contributed by atoms with van der Waals surface area (Å²) in [6.07, 6.45) is -2.36. The van der Waals surface area contributed by atoms with Crippen molar-refractivity contribution in [2.75, 3.05) is 6.61 Å². The molecule has 0 unspecified atom stereocenters. The van der Waals surface area contributed by atoms with Crippen molar-refractivity contribution in [1.29, 1.82) is 0 Å². The topological polar surface area (TPSA) is 93.9 Å². The molecule has 3 aromatic rings. The Morgan fingerprint density at radius 1 is 1.34 bits per heavy atom. The smallest absolute Gasteiger partial charge is 0.419 e. The first kappa shape index (κ1) is 21.3. The Bertz CT molecular complexity index is 1080. The summed E-state index contributed by atoms with van der Waals surface area (Å²) in [4.78, 5) is 23.2. The van der Waals surface area contributed by atoms with E-state index in [1.165, 1.54) is 18.3 Å². The first-order chi connectivity index (χ1) is 13.7. The van der Waals surface area contributed by atoms with Crippen LogP contribution < -0.4 is 16.0 Å². The number of hydrogen-bond donors (Lipinski definition) is 2. The van der Waals surface area contributed by atoms with Crippen molar-refractivity contribution in [3.63, 3.8) is 0 Å². The Balaban J connectivity index is 1.73. The quantitative estimate of drug-likeness (QED) is 0.528. The van der Waals surface area contributed by atoms with E-state index in [1.54, 1.807) is 13.0 Å². The van der Waals surface area contributed by atoms with Gasteiger partial charge in [-0.25, -0.2) is 9.97 Å². The number of aromatic amines is 1. The number of nitrogens with two attached hydrogens (primary N) is 1. The van der Waals surface area contributed by atoms with Crippen molar-refractivity contribution in [3.05, 3.63) is 62.2 Å². The molecule has 3 N–H and O–H groups in total. The maximum absolute atomic E-state index is 13.3. The predicted molar refractivity (Wildman–Crippen MR) is 106 cm³/mol. The van der Waals surface area contributed by atoms with Crippen LogP contribution >= 0.6 is 15.9 Å². The van der Waals surface area contributed by atoms with E-state index in [2.05, 4.69) is 30.9 Å². The van der Waals surface area contributed by atoms with Crippen LogP contribution in [0.25, 0.3) is 11.0 Å². The normalized spacial score (nSPS) is 12.9. The van der Waals surface area contributed by atoms with Gasteiger partial charge in [0.15, 0.2) is 5.65 Å². The van der Waals surface area contributed by atoms with E-state index in [0.717, 1.165) is 6.07 Å². The first-order valence-corrected chi connectivity index (χ1v) is 9.59. The van der Waals surface area contributed by atoms with Crippen molar-refractivity contribution in [2.45, 2.75) is 32.0 Å². The van der Waals surface area contributed by atoms with Gasteiger partial charge >= 0.3 is 6.18 Å². The van der Waals surface area contributed by atoms with Gasteiger partial charge in [-0.2, -0.15) is 13.2 Å². The molecule has 0 amide bonds. The highest BCUT2D eigenvalue weighted by molar-refractivity contribution is 9.10. The summed E-state index contributed by atoms with van der Waals surface area (Å²) in [6.45, 7) is 1.60. The number of aromatic nitrogens is 3. The number of ether oxygens (including phenoxy) is 1. The van der Waals surface area contributed by atoms with Crippen LogP contribution in [0.15, 0.2) is 39.7 Å². The minimum atomic E-state index is -4.55. The summed E-state index contributed by atoms with van der Waals surface area (Å²) in [5.41, 5.74) is 5.19. The van der Waals surface area contributed by atoms with Crippen molar-refractivity contribution in [1.82, 2.24) is 15.0 Å². The van der Waals surface area contributed by atoms with Gasteiger partial charge in [-0.3, -0.25) is 4.79 Å². The molecular weight excluding hydrogens is 453 g/mol. The fraction of sp³-hybridized carbons (Fsp3) is 0.316. The van der Waals surface area contributed by atoms with Crippen LogP contribution in [0.5, 0.6) is 5.75 Å². The minimum Gasteiger partial charge on any atom is -0.493 e. The number of hydrogen-bond acceptors (Lipinski definition) is 5. The van der Waals surface area contributed by atoms with Gasteiger partial charge in [0, 0.05) is 28.7 Å². The molecule has 0 aliphatic carbocycles. The Kier molecular flexibility index (Phi) is 6.23. The van der Waals surface area contributed by atoms with E-state index in [-0.39, 0.29) is 23.5 Å². The molecule has 0 fully saturated rings. The molecule has 0 saturated carbocycles. The molecule has 0 bridgehead atoms. The number of alkyl halides is 3. The second kappa shape index (κ2) is 8.50. The SMILES string of the molecule is C[C@@H](N)c1cccc(C(F)(F)F)c1OCCCc1nc2ncc(Br)cc2c(=O)[nH]1. The van der Waals surface area contributed by atoms with Gasteiger partial charge in [0.05, 0.1) is 17.6 Å². The third-order valence-corrected chi connectivity index (χ3v) is 4.66. The van der Waals surface area contributed by atoms with E-state index in [9.17, 15) is 18.0 Å². The zero-order valence-electron chi connectivity index (χ0n) is 15.4. The number of nitrogens with zero attached hydrogens (tertiary/aromatic N) is 2. The molecule has 2 heterocycles. The number of H-pyrrole nitrogens is 1. The highest BCUT2D eigenvalue weighted by atomic mass is 79.9. The second-order valence-corrected chi connectivity index (χ2v) is 7.42. The first-order valence-electron chi connectivity index (χ1n) is 8.79. The van der Waals surface area contributed by atoms with E-state index in [0.29, 0.717) is 34.2 Å². The molecule has 0 radical (unpaired) electrons. The average molecular weight is 471 g/mol. The molecule has 29 heavy (non-hydrogen) atoms. The fourth-order valence-electron chi connectivity index (χ4n) is 2.87. The zero-order chi connectivity index (χ0) is 21.2. The maximum atomic E-state index is 13.3. The van der Waals surface area contributed by atoms with Gasteiger partial charge in [0.25, 0.3) is 5.56 Å². The molecule has 0 saturated heterocycles. The van der Waals surface area contributed by atoms with Crippen molar-refractivity contribution < 1.29 is 17.9 Å². The molecule has 0 aliphatic heterocycles. The molecule has 1 aromatic carbocycles. The highest BCUT2D eigenvalue weighted by Crippen LogP contribution is 2.39. The molecule has 154 valence electrons. The predicted octanol–water partition coefficient (Wildman–Crippen LogP) is 4.13. The molecule has 1 atom stereocenters. The van der Waals surface area contributed by atoms with Crippen LogP contribution in [0.1, 0.15) is 36.3 Å². The van der Waals surface area contributed by atoms with Gasteiger partial charge in [-0.05, 0) is 41.4 Å². The molecule has 2 aromatic heterocycles. The lowest BCUT2D eigenvalue weighted by Gasteiger charge is -2.19. The number of aryl methyl sites for hydroxylation is 1. The molecule has 3 rings (SSSR count). The molecule has 6 nitrogen and oxygen atoms in total. The molecule has 0 spiro atoms. The minimum absolute atomic E-state index is 0.00231. The van der Waals surface area contributed by atoms with Gasteiger partial charge in [0.1, 0.15) is 11.6 Å². The van der Waals surface area contributed by atoms with Crippen molar-refractivity contribution in [3.8, 4) is 5.75 Å². The summed E-state index contributed by atoms with van der Waals surface area (Å²) in [5, 5.41) is 0.347. The number of halogens is 4. The average Bonchev–Trinajstić information content (AvgIpc) is 2.65. The number of rotatable bonds is 6. The third kappa shape index (κ3) is 4.94. The van der Waals surface area contributed by atoms with Crippen LogP contribution in [-0.4, -0.2) is 21.6 Å². The summed E-state index contributed by atoms with van der Waals surface area (Å²) < 4.78 is 46.0. The van der Waals surface area contributed by atoms with Gasteiger partial charge < -0.3 is 15.5 Å². The van der Waals surface area contributed by atoms with Crippen LogP contribution in [-0.2, 0) is 12.6 Å². The Morgan fingerprint density at radius 2 is 2.10 bits per heavy atom. The van der Waals surface area contributed by atoms with Crippen molar-refractivity contribution >= 4 is 27.0 Å². The lowest BCUT2D eigenvalue weighted by atomic mass is 10.0. The summed E-state index contributed by atoms with van der Waals surface area (Å²) in [5.74, 6) is 0.124. The number of fused-ring (bicyclic) bond motifs is 1. The lowest BCUT2D eigenvalue weighted by molar-refractivity contribution is -0.139. The summed E-state index contributed by atoms with van der Waals surface area (Å²) >= 11 is 3.25.